The molecule has 0 heterocycles. The minimum absolute atomic E-state index is 0.180. The standard InChI is InChI=1S/C8H11NO2S2/c1-6-2-3-7(5-12)4-8(6)13(9,10)11/h2-4,12H,5H2,1H3,(H2,9,10,11). The molecule has 0 aromatic heterocycles. The molecule has 1 aromatic rings. The lowest BCUT2D eigenvalue weighted by Gasteiger charge is -2.04. The number of hydrogen-bond donors (Lipinski definition) is 2. The number of thiol groups is 1. The molecule has 1 aromatic carbocycles. The molecular formula is C8H11NO2S2. The van der Waals surface area contributed by atoms with Crippen LogP contribution in [-0.4, -0.2) is 8.42 Å². The molecule has 0 aliphatic carbocycles. The third-order valence-corrected chi connectivity index (χ3v) is 3.16. The predicted octanol–water partition coefficient (Wildman–Crippen LogP) is 1.07. The summed E-state index contributed by atoms with van der Waals surface area (Å²) in [6.07, 6.45) is 0. The van der Waals surface area contributed by atoms with Crippen molar-refractivity contribution in [2.45, 2.75) is 17.6 Å². The Morgan fingerprint density at radius 1 is 1.46 bits per heavy atom. The molecule has 0 bridgehead atoms. The van der Waals surface area contributed by atoms with Gasteiger partial charge in [-0.15, -0.1) is 0 Å². The van der Waals surface area contributed by atoms with Gasteiger partial charge in [0.05, 0.1) is 4.90 Å². The summed E-state index contributed by atoms with van der Waals surface area (Å²) in [6, 6.07) is 5.11. The molecule has 13 heavy (non-hydrogen) atoms. The Kier molecular flexibility index (Phi) is 3.00. The Hall–Kier alpha value is -0.520. The van der Waals surface area contributed by atoms with Crippen molar-refractivity contribution < 1.29 is 8.42 Å². The van der Waals surface area contributed by atoms with Crippen LogP contribution in [0.15, 0.2) is 23.1 Å². The summed E-state index contributed by atoms with van der Waals surface area (Å²) < 4.78 is 22.1. The first-order valence-corrected chi connectivity index (χ1v) is 5.86. The fourth-order valence-corrected chi connectivity index (χ4v) is 2.08. The van der Waals surface area contributed by atoms with Crippen molar-refractivity contribution in [3.05, 3.63) is 29.3 Å². The van der Waals surface area contributed by atoms with E-state index in [9.17, 15) is 8.42 Å². The minimum atomic E-state index is -3.60. The van der Waals surface area contributed by atoms with Crippen LogP contribution in [0, 0.1) is 6.92 Å². The molecule has 5 heteroatoms. The maximum atomic E-state index is 11.1. The highest BCUT2D eigenvalue weighted by Gasteiger charge is 2.11. The van der Waals surface area contributed by atoms with E-state index in [1.54, 1.807) is 19.1 Å². The van der Waals surface area contributed by atoms with Gasteiger partial charge in [-0.3, -0.25) is 0 Å². The summed E-state index contributed by atoms with van der Waals surface area (Å²) in [5, 5.41) is 5.03. The van der Waals surface area contributed by atoms with E-state index in [2.05, 4.69) is 12.6 Å². The summed E-state index contributed by atoms with van der Waals surface area (Å²) >= 11 is 4.05. The van der Waals surface area contributed by atoms with E-state index in [4.69, 9.17) is 5.14 Å². The van der Waals surface area contributed by atoms with Gasteiger partial charge in [-0.25, -0.2) is 13.6 Å². The predicted molar refractivity (Wildman–Crippen MR) is 55.2 cm³/mol. The second-order valence-electron chi connectivity index (χ2n) is 2.80. The van der Waals surface area contributed by atoms with Gasteiger partial charge in [0.1, 0.15) is 0 Å². The van der Waals surface area contributed by atoms with Gasteiger partial charge in [0, 0.05) is 5.75 Å². The van der Waals surface area contributed by atoms with Crippen molar-refractivity contribution >= 4 is 22.7 Å². The number of nitrogens with two attached hydrogens (primary N) is 1. The molecule has 0 spiro atoms. The fourth-order valence-electron chi connectivity index (χ4n) is 1.05. The largest absolute Gasteiger partial charge is 0.238 e. The van der Waals surface area contributed by atoms with Crippen LogP contribution in [0.2, 0.25) is 0 Å². The summed E-state index contributed by atoms with van der Waals surface area (Å²) in [6.45, 7) is 1.71. The third kappa shape index (κ3) is 2.46. The van der Waals surface area contributed by atoms with Crippen LogP contribution in [0.4, 0.5) is 0 Å². The maximum absolute atomic E-state index is 11.1. The fraction of sp³-hybridized carbons (Fsp3) is 0.250. The smallest absolute Gasteiger partial charge is 0.225 e. The summed E-state index contributed by atoms with van der Waals surface area (Å²) in [5.74, 6) is 0.503. The Balaban J connectivity index is 3.36. The average Bonchev–Trinajstić information content (AvgIpc) is 2.03. The number of hydrogen-bond acceptors (Lipinski definition) is 3. The van der Waals surface area contributed by atoms with Gasteiger partial charge in [0.2, 0.25) is 10.0 Å². The first-order chi connectivity index (χ1) is 5.95. The molecule has 0 radical (unpaired) electrons. The van der Waals surface area contributed by atoms with Crippen molar-refractivity contribution in [3.63, 3.8) is 0 Å². The highest BCUT2D eigenvalue weighted by Crippen LogP contribution is 2.16. The van der Waals surface area contributed by atoms with E-state index >= 15 is 0 Å². The van der Waals surface area contributed by atoms with Crippen LogP contribution < -0.4 is 5.14 Å². The van der Waals surface area contributed by atoms with E-state index in [0.717, 1.165) is 5.56 Å². The molecule has 0 amide bonds. The van der Waals surface area contributed by atoms with Gasteiger partial charge in [-0.05, 0) is 24.1 Å². The zero-order chi connectivity index (χ0) is 10.1. The molecule has 0 unspecified atom stereocenters. The van der Waals surface area contributed by atoms with Crippen LogP contribution in [0.5, 0.6) is 0 Å². The maximum Gasteiger partial charge on any atom is 0.238 e. The van der Waals surface area contributed by atoms with Crippen molar-refractivity contribution in [2.24, 2.45) is 5.14 Å². The molecule has 0 fully saturated rings. The second-order valence-corrected chi connectivity index (χ2v) is 4.65. The first kappa shape index (κ1) is 10.6. The zero-order valence-electron chi connectivity index (χ0n) is 7.19. The second kappa shape index (κ2) is 3.69. The van der Waals surface area contributed by atoms with Gasteiger partial charge >= 0.3 is 0 Å². The first-order valence-electron chi connectivity index (χ1n) is 3.68. The van der Waals surface area contributed by atoms with Crippen molar-refractivity contribution in [1.29, 1.82) is 0 Å². The van der Waals surface area contributed by atoms with Gasteiger partial charge in [-0.1, -0.05) is 12.1 Å². The average molecular weight is 217 g/mol. The van der Waals surface area contributed by atoms with Gasteiger partial charge < -0.3 is 0 Å². The highest BCUT2D eigenvalue weighted by molar-refractivity contribution is 7.89. The number of sulfonamides is 1. The molecule has 0 aliphatic rings. The van der Waals surface area contributed by atoms with E-state index < -0.39 is 10.0 Å². The number of aryl methyl sites for hydroxylation is 1. The summed E-state index contributed by atoms with van der Waals surface area (Å²) in [7, 11) is -3.60. The number of primary sulfonamides is 1. The number of rotatable bonds is 2. The Morgan fingerprint density at radius 2 is 2.08 bits per heavy atom. The Morgan fingerprint density at radius 3 is 2.54 bits per heavy atom. The molecule has 0 atom stereocenters. The van der Waals surface area contributed by atoms with E-state index in [1.807, 2.05) is 6.07 Å². The normalized spacial score (nSPS) is 11.6. The van der Waals surface area contributed by atoms with Gasteiger partial charge in [0.15, 0.2) is 0 Å². The van der Waals surface area contributed by atoms with Gasteiger partial charge in [0.25, 0.3) is 0 Å². The van der Waals surface area contributed by atoms with Crippen molar-refractivity contribution in [3.8, 4) is 0 Å². The van der Waals surface area contributed by atoms with E-state index in [1.165, 1.54) is 0 Å². The summed E-state index contributed by atoms with van der Waals surface area (Å²) in [4.78, 5) is 0.180. The van der Waals surface area contributed by atoms with E-state index in [0.29, 0.717) is 11.3 Å². The third-order valence-electron chi connectivity index (χ3n) is 1.74. The molecule has 2 N–H and O–H groups in total. The van der Waals surface area contributed by atoms with Crippen LogP contribution in [0.1, 0.15) is 11.1 Å². The molecule has 72 valence electrons. The van der Waals surface area contributed by atoms with Gasteiger partial charge in [-0.2, -0.15) is 12.6 Å². The lowest BCUT2D eigenvalue weighted by molar-refractivity contribution is 0.597. The van der Waals surface area contributed by atoms with Crippen LogP contribution >= 0.6 is 12.6 Å². The molecular weight excluding hydrogens is 206 g/mol. The topological polar surface area (TPSA) is 60.2 Å². The van der Waals surface area contributed by atoms with Crippen LogP contribution in [-0.2, 0) is 15.8 Å². The molecule has 0 saturated heterocycles. The highest BCUT2D eigenvalue weighted by atomic mass is 32.2. The summed E-state index contributed by atoms with van der Waals surface area (Å²) in [5.41, 5.74) is 1.51. The van der Waals surface area contributed by atoms with Crippen LogP contribution in [0.25, 0.3) is 0 Å². The Labute approximate surface area is 83.4 Å². The number of benzene rings is 1. The molecule has 0 aliphatic heterocycles. The quantitative estimate of drug-likeness (QED) is 0.728. The monoisotopic (exact) mass is 217 g/mol. The minimum Gasteiger partial charge on any atom is -0.225 e. The van der Waals surface area contributed by atoms with E-state index in [-0.39, 0.29) is 4.90 Å². The van der Waals surface area contributed by atoms with Crippen LogP contribution in [0.3, 0.4) is 0 Å². The molecule has 0 saturated carbocycles. The zero-order valence-corrected chi connectivity index (χ0v) is 8.90. The lowest BCUT2D eigenvalue weighted by atomic mass is 10.2. The molecule has 3 nitrogen and oxygen atoms in total. The molecule has 1 rings (SSSR count). The lowest BCUT2D eigenvalue weighted by Crippen LogP contribution is -2.13. The SMILES string of the molecule is Cc1ccc(CS)cc1S(N)(=O)=O. The van der Waals surface area contributed by atoms with Crippen molar-refractivity contribution in [2.75, 3.05) is 0 Å². The Bertz CT molecular complexity index is 412. The van der Waals surface area contributed by atoms with Crippen molar-refractivity contribution in [1.82, 2.24) is 0 Å².